The predicted molar refractivity (Wildman–Crippen MR) is 93.9 cm³/mol. The van der Waals surface area contributed by atoms with E-state index in [1.54, 1.807) is 13.3 Å². The first-order valence-corrected chi connectivity index (χ1v) is 7.62. The summed E-state index contributed by atoms with van der Waals surface area (Å²) in [5, 5.41) is 13.6. The quantitative estimate of drug-likeness (QED) is 0.761. The Morgan fingerprint density at radius 2 is 1.88 bits per heavy atom. The number of nitrogens with zero attached hydrogens (tertiary/aromatic N) is 2. The molecule has 1 N–H and O–H groups in total. The second-order valence-electron chi connectivity index (χ2n) is 5.12. The summed E-state index contributed by atoms with van der Waals surface area (Å²) >= 11 is 0. The zero-order valence-corrected chi connectivity index (χ0v) is 13.5. The fraction of sp³-hybridized carbons (Fsp3) is 0.158. The Morgan fingerprint density at radius 1 is 1.12 bits per heavy atom. The van der Waals surface area contributed by atoms with E-state index in [9.17, 15) is 5.26 Å². The molecule has 0 atom stereocenters. The molecule has 0 aliphatic heterocycles. The average molecular weight is 319 g/mol. The van der Waals surface area contributed by atoms with Gasteiger partial charge in [-0.15, -0.1) is 0 Å². The fourth-order valence-corrected chi connectivity index (χ4v) is 2.47. The third kappa shape index (κ3) is 3.08. The Labute approximate surface area is 140 Å². The molecule has 24 heavy (non-hydrogen) atoms. The highest BCUT2D eigenvalue weighted by Crippen LogP contribution is 2.31. The number of ether oxygens (including phenoxy) is 2. The first kappa shape index (κ1) is 15.6. The minimum Gasteiger partial charge on any atom is -0.497 e. The summed E-state index contributed by atoms with van der Waals surface area (Å²) in [5.41, 5.74) is 2.86. The highest BCUT2D eigenvalue weighted by atomic mass is 16.5. The number of nitriles is 1. The molecule has 120 valence electrons. The lowest BCUT2D eigenvalue weighted by molar-refractivity contribution is 0.340. The van der Waals surface area contributed by atoms with E-state index in [-0.39, 0.29) is 0 Å². The van der Waals surface area contributed by atoms with Crippen molar-refractivity contribution in [1.29, 1.82) is 5.26 Å². The average Bonchev–Trinajstić information content (AvgIpc) is 2.63. The van der Waals surface area contributed by atoms with Crippen LogP contribution in [0.3, 0.4) is 0 Å². The summed E-state index contributed by atoms with van der Waals surface area (Å²) in [6.07, 6.45) is 1.57. The third-order valence-electron chi connectivity index (χ3n) is 3.63. The molecule has 0 unspecified atom stereocenters. The highest BCUT2D eigenvalue weighted by molar-refractivity contribution is 5.96. The molecular weight excluding hydrogens is 302 g/mol. The van der Waals surface area contributed by atoms with Gasteiger partial charge in [-0.3, -0.25) is 4.98 Å². The van der Waals surface area contributed by atoms with Crippen molar-refractivity contribution in [3.05, 3.63) is 54.2 Å². The van der Waals surface area contributed by atoms with Gasteiger partial charge in [-0.05, 0) is 43.3 Å². The summed E-state index contributed by atoms with van der Waals surface area (Å²) in [7, 11) is 1.61. The van der Waals surface area contributed by atoms with E-state index in [1.807, 2.05) is 49.4 Å². The molecule has 5 heteroatoms. The maximum Gasteiger partial charge on any atom is 0.121 e. The molecule has 5 nitrogen and oxygen atoms in total. The van der Waals surface area contributed by atoms with Crippen LogP contribution >= 0.6 is 0 Å². The van der Waals surface area contributed by atoms with E-state index in [1.165, 1.54) is 0 Å². The number of hydrogen-bond donors (Lipinski definition) is 1. The molecule has 2 aromatic carbocycles. The lowest BCUT2D eigenvalue weighted by atomic mass is 10.1. The van der Waals surface area contributed by atoms with E-state index >= 15 is 0 Å². The van der Waals surface area contributed by atoms with Crippen molar-refractivity contribution in [2.24, 2.45) is 0 Å². The third-order valence-corrected chi connectivity index (χ3v) is 3.63. The van der Waals surface area contributed by atoms with Gasteiger partial charge >= 0.3 is 0 Å². The van der Waals surface area contributed by atoms with Gasteiger partial charge in [-0.2, -0.15) is 5.26 Å². The monoisotopic (exact) mass is 319 g/mol. The van der Waals surface area contributed by atoms with Crippen LogP contribution in [-0.2, 0) is 0 Å². The van der Waals surface area contributed by atoms with Crippen LogP contribution in [0.15, 0.2) is 48.7 Å². The minimum atomic E-state index is 0.488. The van der Waals surface area contributed by atoms with E-state index in [2.05, 4.69) is 16.4 Å². The number of benzene rings is 2. The maximum absolute atomic E-state index is 9.40. The Bertz CT molecular complexity index is 899. The van der Waals surface area contributed by atoms with E-state index in [0.29, 0.717) is 12.2 Å². The van der Waals surface area contributed by atoms with Crippen LogP contribution in [0.1, 0.15) is 12.5 Å². The van der Waals surface area contributed by atoms with Crippen molar-refractivity contribution in [1.82, 2.24) is 4.98 Å². The number of rotatable bonds is 5. The first-order chi connectivity index (χ1) is 11.7. The Balaban J connectivity index is 2.02. The molecule has 0 radical (unpaired) electrons. The molecule has 0 spiro atoms. The van der Waals surface area contributed by atoms with Crippen molar-refractivity contribution >= 4 is 22.3 Å². The van der Waals surface area contributed by atoms with Crippen molar-refractivity contribution in [3.63, 3.8) is 0 Å². The van der Waals surface area contributed by atoms with Crippen LogP contribution in [0.2, 0.25) is 0 Å². The lowest BCUT2D eigenvalue weighted by Crippen LogP contribution is -1.97. The largest absolute Gasteiger partial charge is 0.497 e. The van der Waals surface area contributed by atoms with E-state index < -0.39 is 0 Å². The molecule has 3 rings (SSSR count). The zero-order chi connectivity index (χ0) is 16.9. The Morgan fingerprint density at radius 3 is 2.54 bits per heavy atom. The summed E-state index contributed by atoms with van der Waals surface area (Å²) in [5.74, 6) is 1.54. The molecule has 0 saturated heterocycles. The number of fused-ring (bicyclic) bond motifs is 1. The molecule has 1 heterocycles. The maximum atomic E-state index is 9.40. The van der Waals surface area contributed by atoms with Crippen molar-refractivity contribution in [2.75, 3.05) is 19.0 Å². The van der Waals surface area contributed by atoms with Crippen LogP contribution in [0.25, 0.3) is 10.9 Å². The zero-order valence-electron chi connectivity index (χ0n) is 13.5. The van der Waals surface area contributed by atoms with Crippen LogP contribution in [-0.4, -0.2) is 18.7 Å². The molecule has 3 aromatic rings. The minimum absolute atomic E-state index is 0.488. The van der Waals surface area contributed by atoms with Crippen molar-refractivity contribution in [3.8, 4) is 17.6 Å². The lowest BCUT2D eigenvalue weighted by Gasteiger charge is -2.12. The van der Waals surface area contributed by atoms with Gasteiger partial charge in [0.1, 0.15) is 17.6 Å². The first-order valence-electron chi connectivity index (χ1n) is 7.62. The SMILES string of the molecule is CCOc1ccc(Nc2c(C#N)cnc3cc(OC)ccc23)cc1. The number of pyridine rings is 1. The van der Waals surface area contributed by atoms with Gasteiger partial charge in [0, 0.05) is 23.3 Å². The number of aromatic nitrogens is 1. The molecule has 0 saturated carbocycles. The molecule has 0 aliphatic rings. The van der Waals surface area contributed by atoms with Gasteiger partial charge in [0.2, 0.25) is 0 Å². The number of nitrogens with one attached hydrogen (secondary N) is 1. The second kappa shape index (κ2) is 6.88. The van der Waals surface area contributed by atoms with Crippen molar-refractivity contribution in [2.45, 2.75) is 6.92 Å². The summed E-state index contributed by atoms with van der Waals surface area (Å²) in [4.78, 5) is 4.34. The molecule has 1 aromatic heterocycles. The predicted octanol–water partition coefficient (Wildman–Crippen LogP) is 4.26. The van der Waals surface area contributed by atoms with Gasteiger partial charge in [0.25, 0.3) is 0 Å². The second-order valence-corrected chi connectivity index (χ2v) is 5.12. The van der Waals surface area contributed by atoms with Gasteiger partial charge < -0.3 is 14.8 Å². The summed E-state index contributed by atoms with van der Waals surface area (Å²) in [6.45, 7) is 2.57. The van der Waals surface area contributed by atoms with Gasteiger partial charge in [-0.1, -0.05) is 0 Å². The molecule has 0 amide bonds. The topological polar surface area (TPSA) is 67.2 Å². The van der Waals surface area contributed by atoms with Gasteiger partial charge in [0.15, 0.2) is 0 Å². The van der Waals surface area contributed by atoms with Crippen LogP contribution in [0.5, 0.6) is 11.5 Å². The van der Waals surface area contributed by atoms with E-state index in [0.717, 1.165) is 33.8 Å². The standard InChI is InChI=1S/C19H17N3O2/c1-3-24-15-6-4-14(5-7-15)22-19-13(11-20)12-21-18-10-16(23-2)8-9-17(18)19/h4-10,12H,3H2,1-2H3,(H,21,22). The smallest absolute Gasteiger partial charge is 0.121 e. The molecular formula is C19H17N3O2. The molecule has 0 fully saturated rings. The Kier molecular flexibility index (Phi) is 4.48. The van der Waals surface area contributed by atoms with Crippen molar-refractivity contribution < 1.29 is 9.47 Å². The Hall–Kier alpha value is -3.26. The fourth-order valence-electron chi connectivity index (χ4n) is 2.47. The summed E-state index contributed by atoms with van der Waals surface area (Å²) in [6, 6.07) is 15.4. The number of anilines is 2. The molecule has 0 bridgehead atoms. The normalized spacial score (nSPS) is 10.2. The molecule has 0 aliphatic carbocycles. The van der Waals surface area contributed by atoms with Crippen LogP contribution < -0.4 is 14.8 Å². The van der Waals surface area contributed by atoms with Crippen LogP contribution in [0.4, 0.5) is 11.4 Å². The van der Waals surface area contributed by atoms with Gasteiger partial charge in [-0.25, -0.2) is 0 Å². The highest BCUT2D eigenvalue weighted by Gasteiger charge is 2.10. The number of methoxy groups -OCH3 is 1. The number of hydrogen-bond acceptors (Lipinski definition) is 5. The van der Waals surface area contributed by atoms with Gasteiger partial charge in [0.05, 0.1) is 30.5 Å². The van der Waals surface area contributed by atoms with Crippen LogP contribution in [0, 0.1) is 11.3 Å². The van der Waals surface area contributed by atoms with E-state index in [4.69, 9.17) is 9.47 Å². The summed E-state index contributed by atoms with van der Waals surface area (Å²) < 4.78 is 10.7.